The fraction of sp³-hybridized carbons (Fsp3) is 0.727. The van der Waals surface area contributed by atoms with Crippen molar-refractivity contribution in [3.63, 3.8) is 0 Å². The van der Waals surface area contributed by atoms with E-state index in [0.717, 1.165) is 13.0 Å². The van der Waals surface area contributed by atoms with Gasteiger partial charge in [-0.2, -0.15) is 26.7 Å². The van der Waals surface area contributed by atoms with Crippen LogP contribution in [-0.4, -0.2) is 50.8 Å². The van der Waals surface area contributed by atoms with Crippen LogP contribution < -0.4 is 10.6 Å². The molecule has 8 heteroatoms. The van der Waals surface area contributed by atoms with E-state index in [2.05, 4.69) is 32.5 Å². The van der Waals surface area contributed by atoms with Crippen molar-refractivity contribution >= 4 is 35.3 Å². The minimum atomic E-state index is 0.0255. The second-order valence-corrected chi connectivity index (χ2v) is 5.48. The Kier molecular flexibility index (Phi) is 7.19. The molecular weight excluding hydrogens is 286 g/mol. The summed E-state index contributed by atoms with van der Waals surface area (Å²) in [6.45, 7) is 4.89. The van der Waals surface area contributed by atoms with Crippen LogP contribution in [0, 0.1) is 0 Å². The van der Waals surface area contributed by atoms with Crippen molar-refractivity contribution < 1.29 is 5.11 Å². The Morgan fingerprint density at radius 2 is 2.00 bits per heavy atom. The maximum atomic E-state index is 9.25. The molecule has 0 aliphatic heterocycles. The highest BCUT2D eigenvalue weighted by atomic mass is 35.5. The summed E-state index contributed by atoms with van der Waals surface area (Å²) in [5.74, 6) is 0.875. The first-order chi connectivity index (χ1) is 9.10. The molecule has 6 nitrogen and oxygen atoms in total. The first-order valence-electron chi connectivity index (χ1n) is 6.16. The molecule has 0 bridgehead atoms. The molecule has 0 aromatic carbocycles. The summed E-state index contributed by atoms with van der Waals surface area (Å²) in [5.41, 5.74) is 0. The first-order valence-corrected chi connectivity index (χ1v) is 7.82. The summed E-state index contributed by atoms with van der Waals surface area (Å²) in [4.78, 5) is 12.3. The SMILES string of the molecule is CCCNc1nc(Cl)nc(NC(C)C(CO)SC)n1. The van der Waals surface area contributed by atoms with Crippen LogP contribution in [0.2, 0.25) is 5.28 Å². The number of hydrogen-bond donors (Lipinski definition) is 3. The van der Waals surface area contributed by atoms with Crippen molar-refractivity contribution in [3.05, 3.63) is 5.28 Å². The largest absolute Gasteiger partial charge is 0.395 e. The lowest BCUT2D eigenvalue weighted by molar-refractivity contribution is 0.288. The lowest BCUT2D eigenvalue weighted by Gasteiger charge is -2.21. The first kappa shape index (κ1) is 16.3. The Bertz CT molecular complexity index is 391. The second-order valence-electron chi connectivity index (χ2n) is 4.07. The zero-order valence-electron chi connectivity index (χ0n) is 11.4. The summed E-state index contributed by atoms with van der Waals surface area (Å²) < 4.78 is 0. The van der Waals surface area contributed by atoms with Gasteiger partial charge in [-0.15, -0.1) is 0 Å². The fourth-order valence-electron chi connectivity index (χ4n) is 1.46. The maximum Gasteiger partial charge on any atom is 0.229 e. The molecule has 0 aliphatic rings. The van der Waals surface area contributed by atoms with Crippen molar-refractivity contribution in [2.24, 2.45) is 0 Å². The molecule has 2 unspecified atom stereocenters. The van der Waals surface area contributed by atoms with E-state index in [1.54, 1.807) is 11.8 Å². The molecule has 0 aliphatic carbocycles. The molecule has 2 atom stereocenters. The van der Waals surface area contributed by atoms with E-state index in [1.807, 2.05) is 13.2 Å². The number of halogens is 1. The van der Waals surface area contributed by atoms with Gasteiger partial charge in [0, 0.05) is 17.8 Å². The number of aromatic nitrogens is 3. The third kappa shape index (κ3) is 5.38. The van der Waals surface area contributed by atoms with Crippen molar-refractivity contribution in [2.75, 3.05) is 30.0 Å². The van der Waals surface area contributed by atoms with Crippen LogP contribution in [-0.2, 0) is 0 Å². The molecule has 0 saturated heterocycles. The van der Waals surface area contributed by atoms with Gasteiger partial charge >= 0.3 is 0 Å². The van der Waals surface area contributed by atoms with E-state index in [1.165, 1.54) is 0 Å². The van der Waals surface area contributed by atoms with Crippen LogP contribution in [0.1, 0.15) is 20.3 Å². The number of nitrogens with zero attached hydrogens (tertiary/aromatic N) is 3. The Hall–Kier alpha value is -0.790. The predicted molar refractivity (Wildman–Crippen MR) is 81.1 cm³/mol. The van der Waals surface area contributed by atoms with Gasteiger partial charge in [0.15, 0.2) is 0 Å². The highest BCUT2D eigenvalue weighted by Gasteiger charge is 2.16. The summed E-state index contributed by atoms with van der Waals surface area (Å²) in [7, 11) is 0. The van der Waals surface area contributed by atoms with Gasteiger partial charge in [-0.3, -0.25) is 0 Å². The maximum absolute atomic E-state index is 9.25. The van der Waals surface area contributed by atoms with Crippen LogP contribution in [0.5, 0.6) is 0 Å². The van der Waals surface area contributed by atoms with E-state index in [9.17, 15) is 5.11 Å². The highest BCUT2D eigenvalue weighted by molar-refractivity contribution is 7.99. The van der Waals surface area contributed by atoms with Crippen LogP contribution in [0.4, 0.5) is 11.9 Å². The molecule has 0 saturated carbocycles. The average molecular weight is 306 g/mol. The number of thioether (sulfide) groups is 1. The van der Waals surface area contributed by atoms with Gasteiger partial charge in [-0.25, -0.2) is 0 Å². The predicted octanol–water partition coefficient (Wildman–Crippen LogP) is 1.87. The van der Waals surface area contributed by atoms with E-state index in [4.69, 9.17) is 11.6 Å². The van der Waals surface area contributed by atoms with Crippen LogP contribution >= 0.6 is 23.4 Å². The normalized spacial score (nSPS) is 13.9. The molecule has 0 fully saturated rings. The second kappa shape index (κ2) is 8.39. The zero-order chi connectivity index (χ0) is 14.3. The van der Waals surface area contributed by atoms with Gasteiger partial charge in [0.2, 0.25) is 17.2 Å². The average Bonchev–Trinajstić information content (AvgIpc) is 2.37. The molecule has 108 valence electrons. The number of rotatable bonds is 8. The molecular formula is C11H20ClN5OS. The quantitative estimate of drug-likeness (QED) is 0.676. The third-order valence-corrected chi connectivity index (χ3v) is 3.87. The Morgan fingerprint density at radius 1 is 1.32 bits per heavy atom. The molecule has 1 aromatic heterocycles. The topological polar surface area (TPSA) is 83.0 Å². The van der Waals surface area contributed by atoms with E-state index >= 15 is 0 Å². The minimum absolute atomic E-state index is 0.0255. The molecule has 1 rings (SSSR count). The number of aliphatic hydroxyl groups excluding tert-OH is 1. The van der Waals surface area contributed by atoms with Crippen molar-refractivity contribution in [2.45, 2.75) is 31.6 Å². The van der Waals surface area contributed by atoms with E-state index in [-0.39, 0.29) is 23.2 Å². The molecule has 19 heavy (non-hydrogen) atoms. The van der Waals surface area contributed by atoms with Crippen LogP contribution in [0.15, 0.2) is 0 Å². The molecule has 1 aromatic rings. The van der Waals surface area contributed by atoms with Crippen molar-refractivity contribution in [1.82, 2.24) is 15.0 Å². The Morgan fingerprint density at radius 3 is 2.58 bits per heavy atom. The van der Waals surface area contributed by atoms with E-state index < -0.39 is 0 Å². The zero-order valence-corrected chi connectivity index (χ0v) is 12.9. The smallest absolute Gasteiger partial charge is 0.229 e. The molecule has 0 amide bonds. The number of hydrogen-bond acceptors (Lipinski definition) is 7. The van der Waals surface area contributed by atoms with Gasteiger partial charge in [0.05, 0.1) is 6.61 Å². The summed E-state index contributed by atoms with van der Waals surface area (Å²) in [6.07, 6.45) is 2.93. The van der Waals surface area contributed by atoms with Gasteiger partial charge < -0.3 is 15.7 Å². The highest BCUT2D eigenvalue weighted by Crippen LogP contribution is 2.16. The monoisotopic (exact) mass is 305 g/mol. The van der Waals surface area contributed by atoms with Crippen molar-refractivity contribution in [1.29, 1.82) is 0 Å². The summed E-state index contributed by atoms with van der Waals surface area (Å²) >= 11 is 7.45. The van der Waals surface area contributed by atoms with Crippen LogP contribution in [0.3, 0.4) is 0 Å². The molecule has 0 radical (unpaired) electrons. The Balaban J connectivity index is 2.74. The number of nitrogens with one attached hydrogen (secondary N) is 2. The lowest BCUT2D eigenvalue weighted by Crippen LogP contribution is -2.31. The van der Waals surface area contributed by atoms with E-state index in [0.29, 0.717) is 11.9 Å². The van der Waals surface area contributed by atoms with Crippen LogP contribution in [0.25, 0.3) is 0 Å². The van der Waals surface area contributed by atoms with Gasteiger partial charge in [0.1, 0.15) is 0 Å². The molecule has 1 heterocycles. The number of aliphatic hydroxyl groups is 1. The van der Waals surface area contributed by atoms with Gasteiger partial charge in [-0.05, 0) is 31.2 Å². The standard InChI is InChI=1S/C11H20ClN5OS/c1-4-5-13-10-15-9(12)16-11(17-10)14-7(2)8(6-18)19-3/h7-8,18H,4-6H2,1-3H3,(H2,13,14,15,16,17). The Labute approximate surface area is 122 Å². The minimum Gasteiger partial charge on any atom is -0.395 e. The molecule has 0 spiro atoms. The summed E-state index contributed by atoms with van der Waals surface area (Å²) in [6, 6.07) is 0.0255. The van der Waals surface area contributed by atoms with Gasteiger partial charge in [-0.1, -0.05) is 6.92 Å². The van der Waals surface area contributed by atoms with Gasteiger partial charge in [0.25, 0.3) is 0 Å². The molecule has 3 N–H and O–H groups in total. The number of anilines is 2. The van der Waals surface area contributed by atoms with Crippen molar-refractivity contribution in [3.8, 4) is 0 Å². The fourth-order valence-corrected chi connectivity index (χ4v) is 2.25. The summed E-state index contributed by atoms with van der Waals surface area (Å²) in [5, 5.41) is 15.7. The lowest BCUT2D eigenvalue weighted by atomic mass is 10.2. The third-order valence-electron chi connectivity index (χ3n) is 2.54.